The zero-order valence-corrected chi connectivity index (χ0v) is 9.41. The highest BCUT2D eigenvalue weighted by Gasteiger charge is 1.99. The van der Waals surface area contributed by atoms with E-state index < -0.39 is 0 Å². The summed E-state index contributed by atoms with van der Waals surface area (Å²) in [5, 5.41) is 4.17. The predicted molar refractivity (Wildman–Crippen MR) is 61.9 cm³/mol. The van der Waals surface area contributed by atoms with E-state index in [4.69, 9.17) is 23.2 Å². The first-order valence-electron chi connectivity index (χ1n) is 4.39. The van der Waals surface area contributed by atoms with E-state index in [1.54, 1.807) is 6.07 Å². The number of benzene rings is 1. The van der Waals surface area contributed by atoms with Gasteiger partial charge in [-0.25, -0.2) is 0 Å². The van der Waals surface area contributed by atoms with E-state index in [1.165, 1.54) is 0 Å². The van der Waals surface area contributed by atoms with Crippen molar-refractivity contribution in [2.24, 2.45) is 0 Å². The van der Waals surface area contributed by atoms with Crippen LogP contribution in [0.25, 0.3) is 0 Å². The Morgan fingerprint density at radius 3 is 2.86 bits per heavy atom. The molecule has 0 saturated carbocycles. The van der Waals surface area contributed by atoms with E-state index in [0.717, 1.165) is 12.1 Å². The van der Waals surface area contributed by atoms with Crippen LogP contribution in [-0.4, -0.2) is 13.1 Å². The summed E-state index contributed by atoms with van der Waals surface area (Å²) < 4.78 is 0. The van der Waals surface area contributed by atoms with Crippen LogP contribution in [0.5, 0.6) is 0 Å². The van der Waals surface area contributed by atoms with Gasteiger partial charge in [-0.05, 0) is 18.7 Å². The smallest absolute Gasteiger partial charge is 0.0748 e. The van der Waals surface area contributed by atoms with Crippen molar-refractivity contribution in [2.45, 2.75) is 6.92 Å². The van der Waals surface area contributed by atoms with E-state index >= 15 is 0 Å². The molecule has 1 rings (SSSR count). The van der Waals surface area contributed by atoms with Crippen LogP contribution >= 0.6 is 23.2 Å². The maximum atomic E-state index is 5.95. The molecule has 1 aromatic carbocycles. The van der Waals surface area contributed by atoms with Gasteiger partial charge in [-0.1, -0.05) is 48.0 Å². The molecule has 74 valence electrons. The van der Waals surface area contributed by atoms with E-state index in [-0.39, 0.29) is 0 Å². The van der Waals surface area contributed by atoms with Gasteiger partial charge in [0.15, 0.2) is 0 Å². The van der Waals surface area contributed by atoms with Gasteiger partial charge < -0.3 is 5.32 Å². The van der Waals surface area contributed by atoms with E-state index in [1.807, 2.05) is 19.1 Å². The molecule has 0 aliphatic carbocycles. The monoisotopic (exact) mass is 227 g/mol. The van der Waals surface area contributed by atoms with E-state index in [9.17, 15) is 0 Å². The highest BCUT2D eigenvalue weighted by molar-refractivity contribution is 6.42. The van der Waals surface area contributed by atoms with Crippen molar-refractivity contribution in [1.82, 2.24) is 5.32 Å². The summed E-state index contributed by atoms with van der Waals surface area (Å²) in [7, 11) is 0. The van der Waals surface area contributed by atoms with Gasteiger partial charge in [0.1, 0.15) is 0 Å². The largest absolute Gasteiger partial charge is 0.306 e. The quantitative estimate of drug-likeness (QED) is 0.606. The van der Waals surface area contributed by atoms with Crippen molar-refractivity contribution < 1.29 is 0 Å². The lowest BCUT2D eigenvalue weighted by Crippen LogP contribution is -2.11. The number of rotatable bonds is 2. The first-order valence-corrected chi connectivity index (χ1v) is 5.15. The van der Waals surface area contributed by atoms with Crippen LogP contribution in [0, 0.1) is 11.8 Å². The highest BCUT2D eigenvalue weighted by Crippen LogP contribution is 2.24. The SMILES string of the molecule is CCNCC#Cc1cccc(Cl)c1Cl. The van der Waals surface area contributed by atoms with Crippen molar-refractivity contribution >= 4 is 23.2 Å². The van der Waals surface area contributed by atoms with Gasteiger partial charge in [-0.3, -0.25) is 0 Å². The molecule has 0 aliphatic heterocycles. The van der Waals surface area contributed by atoms with Crippen LogP contribution in [0.4, 0.5) is 0 Å². The van der Waals surface area contributed by atoms with Crippen molar-refractivity contribution in [2.75, 3.05) is 13.1 Å². The van der Waals surface area contributed by atoms with Gasteiger partial charge in [0, 0.05) is 5.56 Å². The molecule has 1 N–H and O–H groups in total. The molecule has 0 saturated heterocycles. The minimum Gasteiger partial charge on any atom is -0.306 e. The first-order chi connectivity index (χ1) is 6.75. The summed E-state index contributed by atoms with van der Waals surface area (Å²) in [5.41, 5.74) is 0.775. The molecule has 0 amide bonds. The Morgan fingerprint density at radius 2 is 2.14 bits per heavy atom. The van der Waals surface area contributed by atoms with E-state index in [0.29, 0.717) is 16.6 Å². The molecule has 1 aromatic rings. The minimum atomic E-state index is 0.526. The number of hydrogen-bond acceptors (Lipinski definition) is 1. The minimum absolute atomic E-state index is 0.526. The fourth-order valence-electron chi connectivity index (χ4n) is 0.927. The Balaban J connectivity index is 2.74. The van der Waals surface area contributed by atoms with Crippen molar-refractivity contribution in [1.29, 1.82) is 0 Å². The second kappa shape index (κ2) is 5.93. The summed E-state index contributed by atoms with van der Waals surface area (Å²) in [6.07, 6.45) is 0. The van der Waals surface area contributed by atoms with Crippen LogP contribution in [-0.2, 0) is 0 Å². The Hall–Kier alpha value is -0.680. The summed E-state index contributed by atoms with van der Waals surface area (Å²) in [4.78, 5) is 0. The molecule has 0 aromatic heterocycles. The van der Waals surface area contributed by atoms with Crippen LogP contribution in [0.1, 0.15) is 12.5 Å². The Morgan fingerprint density at radius 1 is 1.36 bits per heavy atom. The van der Waals surface area contributed by atoms with Crippen LogP contribution < -0.4 is 5.32 Å². The third kappa shape index (κ3) is 3.23. The topological polar surface area (TPSA) is 12.0 Å². The fraction of sp³-hybridized carbons (Fsp3) is 0.273. The Labute approximate surface area is 94.4 Å². The molecule has 0 atom stereocenters. The third-order valence-electron chi connectivity index (χ3n) is 1.64. The molecule has 0 aliphatic rings. The standard InChI is InChI=1S/C11H11Cl2N/c1-2-14-8-4-6-9-5-3-7-10(12)11(9)13/h3,5,7,14H,2,8H2,1H3. The molecule has 0 spiro atoms. The molecule has 0 bridgehead atoms. The summed E-state index contributed by atoms with van der Waals surface area (Å²) in [6, 6.07) is 5.44. The second-order valence-corrected chi connectivity index (χ2v) is 3.47. The van der Waals surface area contributed by atoms with Gasteiger partial charge in [0.2, 0.25) is 0 Å². The molecule has 0 heterocycles. The van der Waals surface area contributed by atoms with Crippen LogP contribution in [0.3, 0.4) is 0 Å². The molecule has 0 unspecified atom stereocenters. The van der Waals surface area contributed by atoms with E-state index in [2.05, 4.69) is 17.2 Å². The van der Waals surface area contributed by atoms with Crippen molar-refractivity contribution in [3.8, 4) is 11.8 Å². The number of halogens is 2. The summed E-state index contributed by atoms with van der Waals surface area (Å²) >= 11 is 11.8. The number of hydrogen-bond donors (Lipinski definition) is 1. The van der Waals surface area contributed by atoms with Gasteiger partial charge >= 0.3 is 0 Å². The lowest BCUT2D eigenvalue weighted by molar-refractivity contribution is 0.811. The average Bonchev–Trinajstić information content (AvgIpc) is 2.19. The summed E-state index contributed by atoms with van der Waals surface area (Å²) in [6.45, 7) is 3.62. The van der Waals surface area contributed by atoms with Crippen LogP contribution in [0.15, 0.2) is 18.2 Å². The lowest BCUT2D eigenvalue weighted by Gasteiger charge is -1.97. The molecular formula is C11H11Cl2N. The van der Waals surface area contributed by atoms with Gasteiger partial charge in [-0.15, -0.1) is 0 Å². The van der Waals surface area contributed by atoms with Gasteiger partial charge in [0.05, 0.1) is 16.6 Å². The summed E-state index contributed by atoms with van der Waals surface area (Å²) in [5.74, 6) is 5.93. The normalized spacial score (nSPS) is 9.36. The lowest BCUT2D eigenvalue weighted by atomic mass is 10.2. The maximum absolute atomic E-state index is 5.95. The molecule has 14 heavy (non-hydrogen) atoms. The average molecular weight is 228 g/mol. The Bertz CT molecular complexity index is 363. The molecular weight excluding hydrogens is 217 g/mol. The Kier molecular flexibility index (Phi) is 4.82. The van der Waals surface area contributed by atoms with Crippen molar-refractivity contribution in [3.05, 3.63) is 33.8 Å². The van der Waals surface area contributed by atoms with Gasteiger partial charge in [-0.2, -0.15) is 0 Å². The van der Waals surface area contributed by atoms with Gasteiger partial charge in [0.25, 0.3) is 0 Å². The van der Waals surface area contributed by atoms with Crippen molar-refractivity contribution in [3.63, 3.8) is 0 Å². The maximum Gasteiger partial charge on any atom is 0.0748 e. The third-order valence-corrected chi connectivity index (χ3v) is 2.46. The fourth-order valence-corrected chi connectivity index (χ4v) is 1.28. The highest BCUT2D eigenvalue weighted by atomic mass is 35.5. The molecule has 0 radical (unpaired) electrons. The molecule has 3 heteroatoms. The predicted octanol–water partition coefficient (Wildman–Crippen LogP) is 2.95. The van der Waals surface area contributed by atoms with Crippen LogP contribution in [0.2, 0.25) is 10.0 Å². The number of nitrogens with one attached hydrogen (secondary N) is 1. The zero-order chi connectivity index (χ0) is 10.4. The molecule has 1 nitrogen and oxygen atoms in total. The second-order valence-electron chi connectivity index (χ2n) is 2.68. The molecule has 0 fully saturated rings. The zero-order valence-electron chi connectivity index (χ0n) is 7.90. The first kappa shape index (κ1) is 11.4.